The molecule has 1 heterocycles. The third-order valence-corrected chi connectivity index (χ3v) is 7.94. The van der Waals surface area contributed by atoms with Gasteiger partial charge in [0.1, 0.15) is 6.10 Å². The molecule has 5 nitrogen and oxygen atoms in total. The summed E-state index contributed by atoms with van der Waals surface area (Å²) in [7, 11) is -3.60. The van der Waals surface area contributed by atoms with Crippen molar-refractivity contribution in [1.29, 1.82) is 0 Å². The zero-order chi connectivity index (χ0) is 24.1. The Bertz CT molecular complexity index is 1220. The molecule has 1 aliphatic rings. The molecule has 1 unspecified atom stereocenters. The lowest BCUT2D eigenvalue weighted by molar-refractivity contribution is 0.0525. The maximum absolute atomic E-state index is 13.8. The van der Waals surface area contributed by atoms with Gasteiger partial charge in [0.15, 0.2) is 11.6 Å². The van der Waals surface area contributed by atoms with Crippen LogP contribution in [0.5, 0.6) is 0 Å². The molecule has 1 saturated heterocycles. The van der Waals surface area contributed by atoms with Crippen molar-refractivity contribution in [1.82, 2.24) is 9.21 Å². The number of sulfonamides is 1. The number of rotatable bonds is 8. The Hall–Kier alpha value is -2.36. The van der Waals surface area contributed by atoms with Crippen molar-refractivity contribution in [2.75, 3.05) is 39.3 Å². The van der Waals surface area contributed by atoms with E-state index in [2.05, 4.69) is 4.90 Å². The molecular formula is C25H25ClF2N2O3S. The predicted molar refractivity (Wildman–Crippen MR) is 127 cm³/mol. The number of hydrogen-bond acceptors (Lipinski definition) is 4. The summed E-state index contributed by atoms with van der Waals surface area (Å²) in [5.74, 6) is -1.82. The molecule has 0 amide bonds. The fourth-order valence-corrected chi connectivity index (χ4v) is 5.68. The Labute approximate surface area is 203 Å². The second kappa shape index (κ2) is 10.9. The topological polar surface area (TPSA) is 49.9 Å². The lowest BCUT2D eigenvalue weighted by Crippen LogP contribution is -2.49. The standard InChI is InChI=1S/C25H25ClF2N2O3S/c26-21-7-4-8-22(18-21)34(31,32)30-13-11-29(12-14-30)15-16-33-25(19-5-2-1-3-6-19)20-9-10-23(27)24(28)17-20/h1-10,17-18,25H,11-16H2. The SMILES string of the molecule is O=S(=O)(c1cccc(Cl)c1)N1CCN(CCOC(c2ccccc2)c2ccc(F)c(F)c2)CC1. The normalized spacial score (nSPS) is 16.4. The third kappa shape index (κ3) is 5.82. The minimum absolute atomic E-state index is 0.189. The molecule has 0 radical (unpaired) electrons. The molecule has 3 aromatic carbocycles. The van der Waals surface area contributed by atoms with Crippen LogP contribution in [0.15, 0.2) is 77.7 Å². The van der Waals surface area contributed by atoms with Gasteiger partial charge in [-0.2, -0.15) is 4.31 Å². The minimum atomic E-state index is -3.60. The average molecular weight is 507 g/mol. The summed E-state index contributed by atoms with van der Waals surface area (Å²) >= 11 is 5.96. The first-order chi connectivity index (χ1) is 16.3. The van der Waals surface area contributed by atoms with E-state index >= 15 is 0 Å². The van der Waals surface area contributed by atoms with E-state index in [4.69, 9.17) is 16.3 Å². The average Bonchev–Trinajstić information content (AvgIpc) is 2.84. The Morgan fingerprint density at radius 2 is 1.59 bits per heavy atom. The van der Waals surface area contributed by atoms with Crippen molar-refractivity contribution in [3.05, 3.63) is 101 Å². The molecule has 3 aromatic rings. The number of nitrogens with zero attached hydrogens (tertiary/aromatic N) is 2. The summed E-state index contributed by atoms with van der Waals surface area (Å²) in [6, 6.07) is 19.4. The van der Waals surface area contributed by atoms with Crippen LogP contribution < -0.4 is 0 Å². The second-order valence-electron chi connectivity index (χ2n) is 8.04. The molecule has 0 N–H and O–H groups in total. The van der Waals surface area contributed by atoms with Gasteiger partial charge in [0, 0.05) is 37.7 Å². The Balaban J connectivity index is 1.35. The minimum Gasteiger partial charge on any atom is -0.367 e. The van der Waals surface area contributed by atoms with Gasteiger partial charge in [0.2, 0.25) is 10.0 Å². The van der Waals surface area contributed by atoms with Crippen molar-refractivity contribution < 1.29 is 21.9 Å². The molecule has 1 fully saturated rings. The zero-order valence-electron chi connectivity index (χ0n) is 18.4. The molecule has 0 aliphatic carbocycles. The Morgan fingerprint density at radius 1 is 0.853 bits per heavy atom. The third-order valence-electron chi connectivity index (χ3n) is 5.81. The number of ether oxygens (including phenoxy) is 1. The number of piperazine rings is 1. The van der Waals surface area contributed by atoms with Crippen LogP contribution in [0.1, 0.15) is 17.2 Å². The monoisotopic (exact) mass is 506 g/mol. The van der Waals surface area contributed by atoms with E-state index in [-0.39, 0.29) is 4.90 Å². The highest BCUT2D eigenvalue weighted by atomic mass is 35.5. The van der Waals surface area contributed by atoms with Crippen LogP contribution in [0.2, 0.25) is 5.02 Å². The highest BCUT2D eigenvalue weighted by molar-refractivity contribution is 7.89. The van der Waals surface area contributed by atoms with E-state index in [1.54, 1.807) is 18.2 Å². The molecule has 4 rings (SSSR count). The fraction of sp³-hybridized carbons (Fsp3) is 0.280. The van der Waals surface area contributed by atoms with Gasteiger partial charge in [-0.3, -0.25) is 4.90 Å². The van der Waals surface area contributed by atoms with Gasteiger partial charge in [-0.15, -0.1) is 0 Å². The lowest BCUT2D eigenvalue weighted by atomic mass is 10.0. The maximum Gasteiger partial charge on any atom is 0.243 e. The molecule has 0 bridgehead atoms. The number of halogens is 3. The highest BCUT2D eigenvalue weighted by Crippen LogP contribution is 2.27. The van der Waals surface area contributed by atoms with E-state index in [1.165, 1.54) is 16.4 Å². The van der Waals surface area contributed by atoms with Crippen molar-refractivity contribution in [3.63, 3.8) is 0 Å². The first kappa shape index (κ1) is 24.8. The Morgan fingerprint density at radius 3 is 2.26 bits per heavy atom. The fourth-order valence-electron chi connectivity index (χ4n) is 3.96. The molecule has 9 heteroatoms. The van der Waals surface area contributed by atoms with Gasteiger partial charge in [0.05, 0.1) is 11.5 Å². The maximum atomic E-state index is 13.8. The lowest BCUT2D eigenvalue weighted by Gasteiger charge is -2.34. The van der Waals surface area contributed by atoms with Gasteiger partial charge >= 0.3 is 0 Å². The van der Waals surface area contributed by atoms with Gasteiger partial charge in [-0.25, -0.2) is 17.2 Å². The van der Waals surface area contributed by atoms with E-state index in [1.807, 2.05) is 30.3 Å². The van der Waals surface area contributed by atoms with Crippen molar-refractivity contribution >= 4 is 21.6 Å². The van der Waals surface area contributed by atoms with Crippen LogP contribution in [-0.4, -0.2) is 57.0 Å². The largest absolute Gasteiger partial charge is 0.367 e. The second-order valence-corrected chi connectivity index (χ2v) is 10.4. The Kier molecular flexibility index (Phi) is 7.95. The van der Waals surface area contributed by atoms with E-state index < -0.39 is 27.8 Å². The first-order valence-corrected chi connectivity index (χ1v) is 12.8. The summed E-state index contributed by atoms with van der Waals surface area (Å²) in [5, 5.41) is 0.380. The van der Waals surface area contributed by atoms with E-state index in [0.29, 0.717) is 49.9 Å². The van der Waals surface area contributed by atoms with Crippen molar-refractivity contribution in [2.45, 2.75) is 11.0 Å². The van der Waals surface area contributed by atoms with Crippen molar-refractivity contribution in [3.8, 4) is 0 Å². The van der Waals surface area contributed by atoms with Crippen molar-refractivity contribution in [2.24, 2.45) is 0 Å². The zero-order valence-corrected chi connectivity index (χ0v) is 20.0. The molecule has 180 valence electrons. The molecular weight excluding hydrogens is 482 g/mol. The molecule has 1 aliphatic heterocycles. The van der Waals surface area contributed by atoms with Crippen LogP contribution >= 0.6 is 11.6 Å². The van der Waals surface area contributed by atoms with Gasteiger partial charge in [-0.05, 0) is 41.5 Å². The van der Waals surface area contributed by atoms with E-state index in [9.17, 15) is 17.2 Å². The van der Waals surface area contributed by atoms with Crippen LogP contribution in [0.4, 0.5) is 8.78 Å². The summed E-state index contributed by atoms with van der Waals surface area (Å²) in [5.41, 5.74) is 1.37. The summed E-state index contributed by atoms with van der Waals surface area (Å²) in [4.78, 5) is 2.31. The van der Waals surface area contributed by atoms with Gasteiger partial charge < -0.3 is 4.74 Å². The van der Waals surface area contributed by atoms with E-state index in [0.717, 1.165) is 17.7 Å². The molecule has 1 atom stereocenters. The smallest absolute Gasteiger partial charge is 0.243 e. The number of benzene rings is 3. The molecule has 0 saturated carbocycles. The highest BCUT2D eigenvalue weighted by Gasteiger charge is 2.28. The van der Waals surface area contributed by atoms with Crippen LogP contribution in [-0.2, 0) is 14.8 Å². The summed E-state index contributed by atoms with van der Waals surface area (Å²) in [6.07, 6.45) is -0.541. The summed E-state index contributed by atoms with van der Waals surface area (Å²) in [6.45, 7) is 2.77. The summed E-state index contributed by atoms with van der Waals surface area (Å²) < 4.78 is 60.6. The van der Waals surface area contributed by atoms with Crippen LogP contribution in [0, 0.1) is 11.6 Å². The molecule has 34 heavy (non-hydrogen) atoms. The quantitative estimate of drug-likeness (QED) is 0.443. The van der Waals surface area contributed by atoms with Crippen LogP contribution in [0.25, 0.3) is 0 Å². The first-order valence-electron chi connectivity index (χ1n) is 10.9. The number of hydrogen-bond donors (Lipinski definition) is 0. The predicted octanol–water partition coefficient (Wildman–Crippen LogP) is 4.73. The molecule has 0 aromatic heterocycles. The van der Waals surface area contributed by atoms with Gasteiger partial charge in [0.25, 0.3) is 0 Å². The van der Waals surface area contributed by atoms with Crippen LogP contribution in [0.3, 0.4) is 0 Å². The molecule has 0 spiro atoms. The van der Waals surface area contributed by atoms with Gasteiger partial charge in [-0.1, -0.05) is 54.1 Å².